The fraction of sp³-hybridized carbons (Fsp3) is 0.500. The summed E-state index contributed by atoms with van der Waals surface area (Å²) < 4.78 is 22.7. The molecule has 2 rings (SSSR count). The first-order valence-corrected chi connectivity index (χ1v) is 9.42. The molecule has 20 heavy (non-hydrogen) atoms. The molecule has 1 aliphatic rings. The monoisotopic (exact) mass is 359 g/mol. The molecule has 0 heterocycles. The molecule has 1 aromatic carbocycles. The van der Waals surface area contributed by atoms with Gasteiger partial charge in [0, 0.05) is 22.7 Å². The van der Waals surface area contributed by atoms with E-state index in [9.17, 15) is 13.2 Å². The van der Waals surface area contributed by atoms with Crippen molar-refractivity contribution in [1.82, 2.24) is 5.32 Å². The number of hydrogen-bond acceptors (Lipinski definition) is 3. The Kier molecular flexibility index (Phi) is 4.86. The second-order valence-corrected chi connectivity index (χ2v) is 8.53. The maximum Gasteiger partial charge on any atom is 0.251 e. The first kappa shape index (κ1) is 15.5. The van der Waals surface area contributed by atoms with Gasteiger partial charge >= 0.3 is 0 Å². The highest BCUT2D eigenvalue weighted by Crippen LogP contribution is 2.24. The van der Waals surface area contributed by atoms with Crippen molar-refractivity contribution in [3.8, 4) is 0 Å². The van der Waals surface area contributed by atoms with Crippen LogP contribution in [0.4, 0.5) is 0 Å². The zero-order valence-corrected chi connectivity index (χ0v) is 13.7. The second kappa shape index (κ2) is 6.26. The molecule has 0 bridgehead atoms. The van der Waals surface area contributed by atoms with Crippen LogP contribution in [0.2, 0.25) is 0 Å². The van der Waals surface area contributed by atoms with E-state index < -0.39 is 9.84 Å². The Balaban J connectivity index is 1.99. The van der Waals surface area contributed by atoms with Gasteiger partial charge in [-0.25, -0.2) is 8.42 Å². The second-order valence-electron chi connectivity index (χ2n) is 5.22. The number of rotatable bonds is 3. The molecule has 0 saturated heterocycles. The Hall–Kier alpha value is -0.880. The largest absolute Gasteiger partial charge is 0.349 e. The van der Waals surface area contributed by atoms with Gasteiger partial charge in [0.05, 0.1) is 4.90 Å². The van der Waals surface area contributed by atoms with Gasteiger partial charge in [-0.05, 0) is 49.9 Å². The Morgan fingerprint density at radius 1 is 1.15 bits per heavy atom. The highest BCUT2D eigenvalue weighted by atomic mass is 79.9. The molecule has 1 amide bonds. The molecule has 0 aromatic heterocycles. The Bertz CT molecular complexity index is 575. The molecule has 1 fully saturated rings. The van der Waals surface area contributed by atoms with Crippen LogP contribution < -0.4 is 5.32 Å². The molecule has 1 aromatic rings. The Morgan fingerprint density at radius 3 is 2.20 bits per heavy atom. The zero-order chi connectivity index (χ0) is 14.8. The summed E-state index contributed by atoms with van der Waals surface area (Å²) >= 11 is 3.58. The molecule has 0 atom stereocenters. The van der Waals surface area contributed by atoms with Gasteiger partial charge in [0.1, 0.15) is 0 Å². The molecule has 110 valence electrons. The lowest BCUT2D eigenvalue weighted by molar-refractivity contribution is 0.0928. The summed E-state index contributed by atoms with van der Waals surface area (Å²) in [5.74, 6) is -0.136. The highest BCUT2D eigenvalue weighted by Gasteiger charge is 2.21. The van der Waals surface area contributed by atoms with Gasteiger partial charge < -0.3 is 5.32 Å². The molecule has 6 heteroatoms. The van der Waals surface area contributed by atoms with Gasteiger partial charge in [0.15, 0.2) is 9.84 Å². The first-order chi connectivity index (χ1) is 9.36. The van der Waals surface area contributed by atoms with Crippen LogP contribution in [-0.2, 0) is 9.84 Å². The molecule has 0 radical (unpaired) electrons. The average molecular weight is 360 g/mol. The van der Waals surface area contributed by atoms with Crippen LogP contribution in [0.25, 0.3) is 0 Å². The third-order valence-corrected chi connectivity index (χ3v) is 5.58. The van der Waals surface area contributed by atoms with Gasteiger partial charge in [-0.2, -0.15) is 0 Å². The maximum atomic E-state index is 12.1. The molecule has 4 nitrogen and oxygen atoms in total. The molecule has 0 spiro atoms. The summed E-state index contributed by atoms with van der Waals surface area (Å²) in [6, 6.07) is 6.27. The number of carbonyl (C=O) groups is 1. The van der Waals surface area contributed by atoms with Crippen molar-refractivity contribution < 1.29 is 13.2 Å². The average Bonchev–Trinajstić information content (AvgIpc) is 2.40. The number of amides is 1. The molecular weight excluding hydrogens is 342 g/mol. The summed E-state index contributed by atoms with van der Waals surface area (Å²) in [7, 11) is -3.22. The Morgan fingerprint density at radius 2 is 1.70 bits per heavy atom. The predicted molar refractivity (Wildman–Crippen MR) is 82.0 cm³/mol. The minimum absolute atomic E-state index is 0.136. The standard InChI is InChI=1S/C14H18BrNO3S/c1-20(18,19)13-8-2-10(3-9-13)14(17)16-12-6-4-11(15)5-7-12/h2-3,8-9,11-12H,4-7H2,1H3,(H,16,17). The van der Waals surface area contributed by atoms with Gasteiger partial charge in [-0.1, -0.05) is 15.9 Å². The van der Waals surface area contributed by atoms with Crippen molar-refractivity contribution >= 4 is 31.7 Å². The summed E-state index contributed by atoms with van der Waals surface area (Å²) in [5.41, 5.74) is 0.498. The quantitative estimate of drug-likeness (QED) is 0.843. The topological polar surface area (TPSA) is 63.2 Å². The van der Waals surface area contributed by atoms with E-state index in [4.69, 9.17) is 0 Å². The van der Waals surface area contributed by atoms with E-state index in [0.717, 1.165) is 31.9 Å². The van der Waals surface area contributed by atoms with Crippen molar-refractivity contribution in [2.24, 2.45) is 0 Å². The van der Waals surface area contributed by atoms with Crippen molar-refractivity contribution in [2.45, 2.75) is 41.4 Å². The Labute approximate surface area is 128 Å². The number of carbonyl (C=O) groups excluding carboxylic acids is 1. The fourth-order valence-electron chi connectivity index (χ4n) is 2.32. The summed E-state index contributed by atoms with van der Waals surface area (Å²) in [4.78, 5) is 12.9. The first-order valence-electron chi connectivity index (χ1n) is 6.61. The molecule has 0 aliphatic heterocycles. The molecular formula is C14H18BrNO3S. The van der Waals surface area contributed by atoms with Crippen LogP contribution in [0.1, 0.15) is 36.0 Å². The van der Waals surface area contributed by atoms with Crippen molar-refractivity contribution in [3.05, 3.63) is 29.8 Å². The molecule has 1 saturated carbocycles. The normalized spacial score (nSPS) is 23.3. The van der Waals surface area contributed by atoms with Crippen molar-refractivity contribution in [2.75, 3.05) is 6.26 Å². The lowest BCUT2D eigenvalue weighted by Crippen LogP contribution is -2.37. The van der Waals surface area contributed by atoms with Crippen LogP contribution >= 0.6 is 15.9 Å². The van der Waals surface area contributed by atoms with Crippen LogP contribution in [0.3, 0.4) is 0 Å². The van der Waals surface area contributed by atoms with Crippen LogP contribution in [0, 0.1) is 0 Å². The minimum atomic E-state index is -3.22. The molecule has 1 N–H and O–H groups in total. The number of sulfone groups is 1. The number of hydrogen-bond donors (Lipinski definition) is 1. The lowest BCUT2D eigenvalue weighted by Gasteiger charge is -2.26. The molecule has 1 aliphatic carbocycles. The van der Waals surface area contributed by atoms with Crippen molar-refractivity contribution in [3.63, 3.8) is 0 Å². The maximum absolute atomic E-state index is 12.1. The summed E-state index contributed by atoms with van der Waals surface area (Å²) in [6.45, 7) is 0. The number of benzene rings is 1. The van der Waals surface area contributed by atoms with Gasteiger partial charge in [0.25, 0.3) is 5.91 Å². The van der Waals surface area contributed by atoms with E-state index >= 15 is 0 Å². The van der Waals surface area contributed by atoms with Gasteiger partial charge in [-0.15, -0.1) is 0 Å². The number of alkyl halides is 1. The third kappa shape index (κ3) is 4.06. The van der Waals surface area contributed by atoms with E-state index in [-0.39, 0.29) is 16.8 Å². The van der Waals surface area contributed by atoms with Gasteiger partial charge in [-0.3, -0.25) is 4.79 Å². The number of halogens is 1. The van der Waals surface area contributed by atoms with E-state index in [1.807, 2.05) is 0 Å². The van der Waals surface area contributed by atoms with E-state index in [1.165, 1.54) is 12.1 Å². The SMILES string of the molecule is CS(=O)(=O)c1ccc(C(=O)NC2CCC(Br)CC2)cc1. The van der Waals surface area contributed by atoms with Crippen LogP contribution in [0.5, 0.6) is 0 Å². The zero-order valence-electron chi connectivity index (χ0n) is 11.3. The molecule has 0 unspecified atom stereocenters. The van der Waals surface area contributed by atoms with E-state index in [2.05, 4.69) is 21.2 Å². The van der Waals surface area contributed by atoms with Gasteiger partial charge in [0.2, 0.25) is 0 Å². The van der Waals surface area contributed by atoms with Crippen LogP contribution in [0.15, 0.2) is 29.2 Å². The van der Waals surface area contributed by atoms with Crippen LogP contribution in [-0.4, -0.2) is 31.4 Å². The van der Waals surface area contributed by atoms with Crippen molar-refractivity contribution in [1.29, 1.82) is 0 Å². The number of nitrogens with one attached hydrogen (secondary N) is 1. The third-order valence-electron chi connectivity index (χ3n) is 3.54. The summed E-state index contributed by atoms with van der Waals surface area (Å²) in [5, 5.41) is 3.00. The fourth-order valence-corrected chi connectivity index (χ4v) is 3.48. The van der Waals surface area contributed by atoms with E-state index in [0.29, 0.717) is 10.4 Å². The minimum Gasteiger partial charge on any atom is -0.349 e. The lowest BCUT2D eigenvalue weighted by atomic mass is 9.95. The predicted octanol–water partition coefficient (Wildman–Crippen LogP) is 2.53. The highest BCUT2D eigenvalue weighted by molar-refractivity contribution is 9.09. The summed E-state index contributed by atoms with van der Waals surface area (Å²) in [6.07, 6.45) is 5.24. The smallest absolute Gasteiger partial charge is 0.251 e. The van der Waals surface area contributed by atoms with E-state index in [1.54, 1.807) is 12.1 Å².